The summed E-state index contributed by atoms with van der Waals surface area (Å²) in [6.45, 7) is 1.89. The van der Waals surface area contributed by atoms with Crippen molar-refractivity contribution in [3.05, 3.63) is 40.3 Å². The van der Waals surface area contributed by atoms with Gasteiger partial charge in [-0.2, -0.15) is 4.98 Å². The van der Waals surface area contributed by atoms with E-state index in [-0.39, 0.29) is 23.4 Å². The minimum atomic E-state index is -0.481. The quantitative estimate of drug-likeness (QED) is 0.655. The van der Waals surface area contributed by atoms with Crippen LogP contribution in [0.1, 0.15) is 25.3 Å². The van der Waals surface area contributed by atoms with Crippen LogP contribution in [0.3, 0.4) is 0 Å². The van der Waals surface area contributed by atoms with Gasteiger partial charge in [0.05, 0.1) is 11.0 Å². The maximum Gasteiger partial charge on any atom is 0.280 e. The molecule has 0 radical (unpaired) electrons. The Hall–Kier alpha value is -2.28. The summed E-state index contributed by atoms with van der Waals surface area (Å²) in [5.41, 5.74) is 6.01. The lowest BCUT2D eigenvalue weighted by molar-refractivity contribution is -0.384. The van der Waals surface area contributed by atoms with E-state index in [9.17, 15) is 10.1 Å². The molecule has 1 aromatic heterocycles. The molecule has 0 aliphatic carbocycles. The Morgan fingerprint density at radius 1 is 1.50 bits per heavy atom. The molecule has 0 aliphatic heterocycles. The van der Waals surface area contributed by atoms with Crippen molar-refractivity contribution < 1.29 is 9.45 Å². The van der Waals surface area contributed by atoms with Gasteiger partial charge < -0.3 is 10.3 Å². The summed E-state index contributed by atoms with van der Waals surface area (Å²) in [4.78, 5) is 14.5. The van der Waals surface area contributed by atoms with E-state index in [2.05, 4.69) is 10.1 Å². The highest BCUT2D eigenvalue weighted by Gasteiger charge is 2.20. The molecule has 0 bridgehead atoms. The first kappa shape index (κ1) is 12.2. The molecule has 94 valence electrons. The monoisotopic (exact) mass is 248 g/mol. The molecule has 0 amide bonds. The van der Waals surface area contributed by atoms with Crippen LogP contribution in [0.2, 0.25) is 0 Å². The maximum absolute atomic E-state index is 10.9. The van der Waals surface area contributed by atoms with Gasteiger partial charge in [-0.05, 0) is 12.5 Å². The number of nitrogens with zero attached hydrogens (tertiary/aromatic N) is 3. The average molecular weight is 248 g/mol. The number of rotatable bonds is 4. The first-order valence-electron chi connectivity index (χ1n) is 5.46. The van der Waals surface area contributed by atoms with Crippen molar-refractivity contribution >= 4 is 5.69 Å². The number of para-hydroxylation sites is 1. The summed E-state index contributed by atoms with van der Waals surface area (Å²) in [5.74, 6) is 0.465. The van der Waals surface area contributed by atoms with Crippen LogP contribution in [0.25, 0.3) is 11.4 Å². The molecule has 0 aliphatic rings. The molecule has 2 rings (SSSR count). The Labute approximate surface area is 103 Å². The van der Waals surface area contributed by atoms with E-state index >= 15 is 0 Å². The van der Waals surface area contributed by atoms with Gasteiger partial charge in [0.25, 0.3) is 5.69 Å². The second kappa shape index (κ2) is 4.92. The number of hydrogen-bond acceptors (Lipinski definition) is 6. The lowest BCUT2D eigenvalue weighted by Crippen LogP contribution is -2.08. The van der Waals surface area contributed by atoms with Crippen molar-refractivity contribution in [3.63, 3.8) is 0 Å². The highest BCUT2D eigenvalue weighted by molar-refractivity contribution is 5.67. The molecule has 0 unspecified atom stereocenters. The normalized spacial score (nSPS) is 12.3. The van der Waals surface area contributed by atoms with Crippen LogP contribution in [0.4, 0.5) is 5.69 Å². The zero-order valence-corrected chi connectivity index (χ0v) is 9.74. The van der Waals surface area contributed by atoms with Crippen molar-refractivity contribution in [2.75, 3.05) is 0 Å². The zero-order chi connectivity index (χ0) is 13.1. The summed E-state index contributed by atoms with van der Waals surface area (Å²) in [6, 6.07) is 5.88. The average Bonchev–Trinajstić information content (AvgIpc) is 2.87. The van der Waals surface area contributed by atoms with E-state index in [0.717, 1.165) is 0 Å². The third kappa shape index (κ3) is 2.21. The van der Waals surface area contributed by atoms with Gasteiger partial charge in [0, 0.05) is 6.07 Å². The lowest BCUT2D eigenvalue weighted by Gasteiger charge is -1.99. The Balaban J connectivity index is 2.43. The third-order valence-electron chi connectivity index (χ3n) is 2.54. The second-order valence-electron chi connectivity index (χ2n) is 3.75. The Kier molecular flexibility index (Phi) is 3.33. The number of nitrogens with two attached hydrogens (primary N) is 1. The fraction of sp³-hybridized carbons (Fsp3) is 0.273. The van der Waals surface area contributed by atoms with Crippen LogP contribution in [0, 0.1) is 10.1 Å². The van der Waals surface area contributed by atoms with E-state index < -0.39 is 4.92 Å². The molecule has 0 saturated heterocycles. The first-order valence-corrected chi connectivity index (χ1v) is 5.46. The SMILES string of the molecule is CC[C@H](N)c1nc(-c2ccccc2[N+](=O)[O-])no1. The molecule has 1 atom stereocenters. The summed E-state index contributed by atoms with van der Waals surface area (Å²) < 4.78 is 5.00. The van der Waals surface area contributed by atoms with Crippen LogP contribution in [-0.4, -0.2) is 15.1 Å². The van der Waals surface area contributed by atoms with Crippen LogP contribution < -0.4 is 5.73 Å². The third-order valence-corrected chi connectivity index (χ3v) is 2.54. The molecular formula is C11H12N4O3. The van der Waals surface area contributed by atoms with Crippen LogP contribution in [0.15, 0.2) is 28.8 Å². The number of nitro groups is 1. The maximum atomic E-state index is 10.9. The van der Waals surface area contributed by atoms with Crippen molar-refractivity contribution in [3.8, 4) is 11.4 Å². The van der Waals surface area contributed by atoms with Gasteiger partial charge in [0.15, 0.2) is 0 Å². The molecule has 2 N–H and O–H groups in total. The number of aromatic nitrogens is 2. The molecule has 7 nitrogen and oxygen atoms in total. The van der Waals surface area contributed by atoms with Gasteiger partial charge in [0.1, 0.15) is 5.56 Å². The summed E-state index contributed by atoms with van der Waals surface area (Å²) in [6.07, 6.45) is 0.651. The largest absolute Gasteiger partial charge is 0.337 e. The minimum absolute atomic E-state index is 0.0603. The number of benzene rings is 1. The molecule has 7 heteroatoms. The smallest absolute Gasteiger partial charge is 0.280 e. The Morgan fingerprint density at radius 3 is 2.89 bits per heavy atom. The highest BCUT2D eigenvalue weighted by Crippen LogP contribution is 2.27. The predicted octanol–water partition coefficient (Wildman–Crippen LogP) is 2.05. The van der Waals surface area contributed by atoms with Gasteiger partial charge >= 0.3 is 0 Å². The predicted molar refractivity (Wildman–Crippen MR) is 63.6 cm³/mol. The van der Waals surface area contributed by atoms with Gasteiger partial charge in [-0.1, -0.05) is 24.2 Å². The zero-order valence-electron chi connectivity index (χ0n) is 9.74. The van der Waals surface area contributed by atoms with E-state index in [0.29, 0.717) is 12.0 Å². The second-order valence-corrected chi connectivity index (χ2v) is 3.75. The topological polar surface area (TPSA) is 108 Å². The lowest BCUT2D eigenvalue weighted by atomic mass is 10.1. The highest BCUT2D eigenvalue weighted by atomic mass is 16.6. The Morgan fingerprint density at radius 2 is 2.22 bits per heavy atom. The van der Waals surface area contributed by atoms with Gasteiger partial charge in [-0.25, -0.2) is 0 Å². The van der Waals surface area contributed by atoms with E-state index in [1.165, 1.54) is 6.07 Å². The summed E-state index contributed by atoms with van der Waals surface area (Å²) >= 11 is 0. The van der Waals surface area contributed by atoms with Crippen LogP contribution >= 0.6 is 0 Å². The summed E-state index contributed by atoms with van der Waals surface area (Å²) in [7, 11) is 0. The van der Waals surface area contributed by atoms with Gasteiger partial charge in [-0.15, -0.1) is 0 Å². The van der Waals surface area contributed by atoms with E-state index in [1.54, 1.807) is 18.2 Å². The van der Waals surface area contributed by atoms with Crippen LogP contribution in [0.5, 0.6) is 0 Å². The fourth-order valence-corrected chi connectivity index (χ4v) is 1.49. The van der Waals surface area contributed by atoms with Crippen molar-refractivity contribution in [1.29, 1.82) is 0 Å². The molecule has 1 heterocycles. The fourth-order valence-electron chi connectivity index (χ4n) is 1.49. The first-order chi connectivity index (χ1) is 8.63. The molecule has 2 aromatic rings. The van der Waals surface area contributed by atoms with Crippen molar-refractivity contribution in [1.82, 2.24) is 10.1 Å². The minimum Gasteiger partial charge on any atom is -0.337 e. The van der Waals surface area contributed by atoms with Crippen molar-refractivity contribution in [2.45, 2.75) is 19.4 Å². The number of nitro benzene ring substituents is 1. The van der Waals surface area contributed by atoms with E-state index in [4.69, 9.17) is 10.3 Å². The molecule has 1 aromatic carbocycles. The van der Waals surface area contributed by atoms with E-state index in [1.807, 2.05) is 6.92 Å². The molecule has 0 fully saturated rings. The standard InChI is InChI=1S/C11H12N4O3/c1-2-8(12)11-13-10(14-18-11)7-5-3-4-6-9(7)15(16)17/h3-6,8H,2,12H2,1H3/t8-/m0/s1. The van der Waals surface area contributed by atoms with Gasteiger partial charge in [0.2, 0.25) is 11.7 Å². The molecular weight excluding hydrogens is 236 g/mol. The van der Waals surface area contributed by atoms with Crippen LogP contribution in [-0.2, 0) is 0 Å². The van der Waals surface area contributed by atoms with Gasteiger partial charge in [-0.3, -0.25) is 10.1 Å². The van der Waals surface area contributed by atoms with Crippen molar-refractivity contribution in [2.24, 2.45) is 5.73 Å². The molecule has 18 heavy (non-hydrogen) atoms. The molecule has 0 spiro atoms. The summed E-state index contributed by atoms with van der Waals surface area (Å²) in [5, 5.41) is 14.6. The number of hydrogen-bond donors (Lipinski definition) is 1. The Bertz CT molecular complexity index is 567. The molecule has 0 saturated carbocycles.